The first kappa shape index (κ1) is 23.5. The minimum Gasteiger partial charge on any atom is -0.493 e. The van der Waals surface area contributed by atoms with Crippen LogP contribution in [0, 0.1) is 12.8 Å². The van der Waals surface area contributed by atoms with Crippen molar-refractivity contribution in [2.75, 3.05) is 32.8 Å². The van der Waals surface area contributed by atoms with Crippen molar-refractivity contribution in [3.8, 4) is 5.75 Å². The van der Waals surface area contributed by atoms with E-state index in [-0.39, 0.29) is 22.5 Å². The largest absolute Gasteiger partial charge is 0.493 e. The van der Waals surface area contributed by atoms with Crippen molar-refractivity contribution in [2.45, 2.75) is 44.4 Å². The number of piperidine rings is 1. The van der Waals surface area contributed by atoms with Gasteiger partial charge in [0.2, 0.25) is 15.9 Å². The predicted molar refractivity (Wildman–Crippen MR) is 125 cm³/mol. The van der Waals surface area contributed by atoms with Crippen LogP contribution in [0.5, 0.6) is 5.75 Å². The van der Waals surface area contributed by atoms with E-state index >= 15 is 0 Å². The summed E-state index contributed by atoms with van der Waals surface area (Å²) in [6.07, 6.45) is 6.56. The highest BCUT2D eigenvalue weighted by atomic mass is 32.2. The van der Waals surface area contributed by atoms with Gasteiger partial charge in [-0.05, 0) is 57.7 Å². The van der Waals surface area contributed by atoms with Crippen LogP contribution in [0.2, 0.25) is 0 Å². The summed E-state index contributed by atoms with van der Waals surface area (Å²) in [6.45, 7) is 6.33. The number of likely N-dealkylation sites (tertiary alicyclic amines) is 1. The van der Waals surface area contributed by atoms with E-state index in [4.69, 9.17) is 9.26 Å². The molecular formula is C24H31N3O5S. The van der Waals surface area contributed by atoms with Gasteiger partial charge in [0.1, 0.15) is 11.4 Å². The smallest absolute Gasteiger partial charge is 0.248 e. The second-order valence-corrected chi connectivity index (χ2v) is 10.4. The van der Waals surface area contributed by atoms with Crippen molar-refractivity contribution in [3.05, 3.63) is 41.3 Å². The summed E-state index contributed by atoms with van der Waals surface area (Å²) in [5.74, 6) is 0.963. The van der Waals surface area contributed by atoms with Crippen molar-refractivity contribution in [1.82, 2.24) is 14.4 Å². The first-order valence-electron chi connectivity index (χ1n) is 11.6. The molecule has 1 amide bonds. The molecule has 0 atom stereocenters. The number of para-hydroxylation sites is 1. The van der Waals surface area contributed by atoms with Gasteiger partial charge >= 0.3 is 0 Å². The third-order valence-electron chi connectivity index (χ3n) is 6.29. The normalized spacial score (nSPS) is 18.3. The first-order chi connectivity index (χ1) is 15.9. The van der Waals surface area contributed by atoms with Gasteiger partial charge in [-0.25, -0.2) is 8.42 Å². The number of rotatable bonds is 7. The maximum atomic E-state index is 13.5. The molecule has 33 heavy (non-hydrogen) atoms. The van der Waals surface area contributed by atoms with Gasteiger partial charge in [0.05, 0.1) is 6.61 Å². The van der Waals surface area contributed by atoms with E-state index in [2.05, 4.69) is 5.16 Å². The zero-order chi connectivity index (χ0) is 23.4. The number of ether oxygens (including phenoxy) is 1. The van der Waals surface area contributed by atoms with Gasteiger partial charge < -0.3 is 14.2 Å². The Kier molecular flexibility index (Phi) is 7.19. The summed E-state index contributed by atoms with van der Waals surface area (Å²) in [4.78, 5) is 14.7. The Labute approximate surface area is 195 Å². The standard InChI is InChI=1S/C24H31N3O5S/c1-3-31-21-9-5-4-8-19(21)10-11-22-23(18(2)25-32-22)33(29,30)27-16-12-20(13-17-27)24(28)26-14-6-7-15-26/h4-5,8-11,20H,3,6-7,12-17H2,1-2H3/b11-10+. The molecule has 2 saturated heterocycles. The minimum atomic E-state index is -3.80. The molecule has 0 bridgehead atoms. The van der Waals surface area contributed by atoms with Gasteiger partial charge in [0.25, 0.3) is 0 Å². The predicted octanol–water partition coefficient (Wildman–Crippen LogP) is 3.58. The lowest BCUT2D eigenvalue weighted by Gasteiger charge is -2.32. The molecule has 0 spiro atoms. The number of amides is 1. The van der Waals surface area contributed by atoms with Gasteiger partial charge in [0.15, 0.2) is 10.7 Å². The quantitative estimate of drug-likeness (QED) is 0.610. The number of carbonyl (C=O) groups excluding carboxylic acids is 1. The van der Waals surface area contributed by atoms with Gasteiger partial charge in [-0.15, -0.1) is 0 Å². The Morgan fingerprint density at radius 1 is 1.15 bits per heavy atom. The van der Waals surface area contributed by atoms with E-state index < -0.39 is 10.0 Å². The van der Waals surface area contributed by atoms with Gasteiger partial charge in [0, 0.05) is 37.7 Å². The second-order valence-electron chi connectivity index (χ2n) is 8.48. The van der Waals surface area contributed by atoms with E-state index in [1.807, 2.05) is 36.1 Å². The summed E-state index contributed by atoms with van der Waals surface area (Å²) in [5.41, 5.74) is 1.14. The van der Waals surface area contributed by atoms with E-state index in [0.29, 0.717) is 44.0 Å². The van der Waals surface area contributed by atoms with Crippen LogP contribution in [0.4, 0.5) is 0 Å². The van der Waals surface area contributed by atoms with Crippen molar-refractivity contribution >= 4 is 28.1 Å². The zero-order valence-electron chi connectivity index (χ0n) is 19.2. The van der Waals surface area contributed by atoms with Crippen LogP contribution < -0.4 is 4.74 Å². The minimum absolute atomic E-state index is 0.0805. The summed E-state index contributed by atoms with van der Waals surface area (Å²) in [7, 11) is -3.80. The molecule has 9 heteroatoms. The third-order valence-corrected chi connectivity index (χ3v) is 8.34. The van der Waals surface area contributed by atoms with Crippen molar-refractivity contribution in [3.63, 3.8) is 0 Å². The molecule has 0 aliphatic carbocycles. The highest BCUT2D eigenvalue weighted by Crippen LogP contribution is 2.31. The van der Waals surface area contributed by atoms with Crippen LogP contribution in [-0.4, -0.2) is 61.5 Å². The molecule has 2 fully saturated rings. The molecule has 8 nitrogen and oxygen atoms in total. The van der Waals surface area contributed by atoms with Crippen LogP contribution in [0.1, 0.15) is 49.6 Å². The Morgan fingerprint density at radius 2 is 1.85 bits per heavy atom. The lowest BCUT2D eigenvalue weighted by molar-refractivity contribution is -0.135. The first-order valence-corrected chi connectivity index (χ1v) is 13.0. The molecule has 4 rings (SSSR count). The maximum absolute atomic E-state index is 13.5. The molecule has 1 aromatic carbocycles. The molecule has 2 aliphatic heterocycles. The number of sulfonamides is 1. The van der Waals surface area contributed by atoms with Gasteiger partial charge in [-0.1, -0.05) is 23.4 Å². The Bertz CT molecular complexity index is 1110. The van der Waals surface area contributed by atoms with Crippen LogP contribution in [0.25, 0.3) is 12.2 Å². The second kappa shape index (κ2) is 10.1. The maximum Gasteiger partial charge on any atom is 0.248 e. The molecule has 0 saturated carbocycles. The number of nitrogens with zero attached hydrogens (tertiary/aromatic N) is 3. The molecule has 0 radical (unpaired) electrons. The van der Waals surface area contributed by atoms with Crippen LogP contribution >= 0.6 is 0 Å². The average molecular weight is 474 g/mol. The van der Waals surface area contributed by atoms with Crippen LogP contribution in [-0.2, 0) is 14.8 Å². The van der Waals surface area contributed by atoms with E-state index in [9.17, 15) is 13.2 Å². The SMILES string of the molecule is CCOc1ccccc1/C=C/c1onc(C)c1S(=O)(=O)N1CCC(C(=O)N2CCCC2)CC1. The molecule has 0 unspecified atom stereocenters. The molecule has 178 valence electrons. The molecule has 0 N–H and O–H groups in total. The average Bonchev–Trinajstić information content (AvgIpc) is 3.48. The number of carbonyl (C=O) groups is 1. The molecule has 1 aromatic heterocycles. The Morgan fingerprint density at radius 3 is 2.55 bits per heavy atom. The lowest BCUT2D eigenvalue weighted by Crippen LogP contribution is -2.43. The summed E-state index contributed by atoms with van der Waals surface area (Å²) < 4.78 is 39.4. The molecule has 2 aliphatic rings. The van der Waals surface area contributed by atoms with E-state index in [1.165, 1.54) is 4.31 Å². The number of aryl methyl sites for hydroxylation is 1. The van der Waals surface area contributed by atoms with Crippen molar-refractivity contribution in [1.29, 1.82) is 0 Å². The number of hydrogen-bond donors (Lipinski definition) is 0. The summed E-state index contributed by atoms with van der Waals surface area (Å²) in [6, 6.07) is 7.52. The molecule has 3 heterocycles. The Balaban J connectivity index is 1.50. The third kappa shape index (κ3) is 4.99. The van der Waals surface area contributed by atoms with E-state index in [0.717, 1.165) is 31.5 Å². The fourth-order valence-electron chi connectivity index (χ4n) is 4.54. The summed E-state index contributed by atoms with van der Waals surface area (Å²) >= 11 is 0. The van der Waals surface area contributed by atoms with E-state index in [1.54, 1.807) is 19.1 Å². The molecular weight excluding hydrogens is 442 g/mol. The fraction of sp³-hybridized carbons (Fsp3) is 0.500. The highest BCUT2D eigenvalue weighted by molar-refractivity contribution is 7.89. The lowest BCUT2D eigenvalue weighted by atomic mass is 9.97. The number of benzene rings is 1. The Hall–Kier alpha value is -2.65. The highest BCUT2D eigenvalue weighted by Gasteiger charge is 2.37. The van der Waals surface area contributed by atoms with Crippen molar-refractivity contribution < 1.29 is 22.5 Å². The number of hydrogen-bond acceptors (Lipinski definition) is 6. The zero-order valence-corrected chi connectivity index (χ0v) is 20.0. The van der Waals surface area contributed by atoms with Gasteiger partial charge in [-0.3, -0.25) is 4.79 Å². The topological polar surface area (TPSA) is 93.0 Å². The van der Waals surface area contributed by atoms with Crippen molar-refractivity contribution in [2.24, 2.45) is 5.92 Å². The molecule has 2 aromatic rings. The fourth-order valence-corrected chi connectivity index (χ4v) is 6.26. The number of aromatic nitrogens is 1. The monoisotopic (exact) mass is 473 g/mol. The van der Waals surface area contributed by atoms with Crippen LogP contribution in [0.15, 0.2) is 33.7 Å². The summed E-state index contributed by atoms with van der Waals surface area (Å²) in [5, 5.41) is 3.92. The van der Waals surface area contributed by atoms with Gasteiger partial charge in [-0.2, -0.15) is 4.31 Å². The van der Waals surface area contributed by atoms with Crippen LogP contribution in [0.3, 0.4) is 0 Å².